The van der Waals surface area contributed by atoms with Crippen LogP contribution in [0.3, 0.4) is 0 Å². The lowest BCUT2D eigenvalue weighted by atomic mass is 10.0. The van der Waals surface area contributed by atoms with Crippen LogP contribution in [0.5, 0.6) is 0 Å². The Bertz CT molecular complexity index is 207. The zero-order valence-corrected chi connectivity index (χ0v) is 10.2. The fourth-order valence-corrected chi connectivity index (χ4v) is 2.53. The lowest BCUT2D eigenvalue weighted by Crippen LogP contribution is -2.39. The van der Waals surface area contributed by atoms with Crippen molar-refractivity contribution in [1.82, 2.24) is 5.32 Å². The Morgan fingerprint density at radius 2 is 2.12 bits per heavy atom. The van der Waals surface area contributed by atoms with E-state index in [1.165, 1.54) is 6.42 Å². The van der Waals surface area contributed by atoms with Gasteiger partial charge in [-0.05, 0) is 32.1 Å². The molecule has 0 aromatic carbocycles. The summed E-state index contributed by atoms with van der Waals surface area (Å²) in [6.45, 7) is 5.68. The summed E-state index contributed by atoms with van der Waals surface area (Å²) in [5.41, 5.74) is 5.59. The van der Waals surface area contributed by atoms with Crippen molar-refractivity contribution < 1.29 is 9.47 Å². The third-order valence-electron chi connectivity index (χ3n) is 3.80. The molecule has 0 aromatic rings. The van der Waals surface area contributed by atoms with Crippen LogP contribution in [0.4, 0.5) is 0 Å². The summed E-state index contributed by atoms with van der Waals surface area (Å²) >= 11 is 0. The molecule has 0 saturated carbocycles. The molecule has 4 heteroatoms. The molecule has 0 aromatic heterocycles. The Hall–Kier alpha value is -0.160. The summed E-state index contributed by atoms with van der Waals surface area (Å²) in [4.78, 5) is 0. The minimum Gasteiger partial charge on any atom is -0.381 e. The highest BCUT2D eigenvalue weighted by Crippen LogP contribution is 2.20. The predicted octanol–water partition coefficient (Wildman–Crippen LogP) is 0.507. The molecule has 0 aliphatic carbocycles. The summed E-state index contributed by atoms with van der Waals surface area (Å²) in [6, 6.07) is 0.531. The maximum atomic E-state index is 5.80. The van der Waals surface area contributed by atoms with Gasteiger partial charge < -0.3 is 20.5 Å². The summed E-state index contributed by atoms with van der Waals surface area (Å²) in [5, 5.41) is 3.57. The van der Waals surface area contributed by atoms with E-state index in [0.717, 1.165) is 32.6 Å². The molecule has 0 bridgehead atoms. The molecule has 4 unspecified atom stereocenters. The van der Waals surface area contributed by atoms with E-state index >= 15 is 0 Å². The van der Waals surface area contributed by atoms with Crippen molar-refractivity contribution in [2.75, 3.05) is 26.3 Å². The molecule has 0 spiro atoms. The molecule has 2 fully saturated rings. The smallest absolute Gasteiger partial charge is 0.0704 e. The van der Waals surface area contributed by atoms with Gasteiger partial charge in [0, 0.05) is 25.7 Å². The molecule has 2 aliphatic rings. The summed E-state index contributed by atoms with van der Waals surface area (Å²) in [5.74, 6) is 0.673. The number of nitrogens with two attached hydrogens (primary N) is 1. The number of hydrogen-bond acceptors (Lipinski definition) is 4. The topological polar surface area (TPSA) is 56.5 Å². The highest BCUT2D eigenvalue weighted by Gasteiger charge is 2.26. The minimum atomic E-state index is 0.289. The standard InChI is InChI=1S/C12H24N2O2/c1-9(10-4-5-15-8-10)14-7-12-3-2-11(6-13)16-12/h9-12,14H,2-8,13H2,1H3. The Kier molecular flexibility index (Phi) is 4.58. The molecule has 2 rings (SSSR count). The highest BCUT2D eigenvalue weighted by molar-refractivity contribution is 4.80. The second-order valence-electron chi connectivity index (χ2n) is 5.01. The van der Waals surface area contributed by atoms with Crippen LogP contribution in [0.2, 0.25) is 0 Å². The predicted molar refractivity (Wildman–Crippen MR) is 63.3 cm³/mol. The number of rotatable bonds is 5. The molecule has 16 heavy (non-hydrogen) atoms. The van der Waals surface area contributed by atoms with E-state index in [1.807, 2.05) is 0 Å². The fourth-order valence-electron chi connectivity index (χ4n) is 2.53. The molecule has 0 radical (unpaired) electrons. The van der Waals surface area contributed by atoms with Crippen LogP contribution in [-0.2, 0) is 9.47 Å². The van der Waals surface area contributed by atoms with E-state index in [1.54, 1.807) is 0 Å². The third-order valence-corrected chi connectivity index (χ3v) is 3.80. The second-order valence-corrected chi connectivity index (χ2v) is 5.01. The van der Waals surface area contributed by atoms with E-state index in [0.29, 0.717) is 24.6 Å². The first-order chi connectivity index (χ1) is 7.79. The third kappa shape index (κ3) is 3.17. The summed E-state index contributed by atoms with van der Waals surface area (Å²) in [6.07, 6.45) is 4.09. The van der Waals surface area contributed by atoms with E-state index in [9.17, 15) is 0 Å². The Morgan fingerprint density at radius 3 is 2.75 bits per heavy atom. The van der Waals surface area contributed by atoms with E-state index in [2.05, 4.69) is 12.2 Å². The molecule has 2 aliphatic heterocycles. The maximum absolute atomic E-state index is 5.80. The zero-order valence-electron chi connectivity index (χ0n) is 10.2. The average molecular weight is 228 g/mol. The van der Waals surface area contributed by atoms with Crippen molar-refractivity contribution >= 4 is 0 Å². The van der Waals surface area contributed by atoms with Gasteiger partial charge in [0.15, 0.2) is 0 Å². The van der Waals surface area contributed by atoms with Gasteiger partial charge in [-0.3, -0.25) is 0 Å². The zero-order chi connectivity index (χ0) is 11.4. The SMILES string of the molecule is CC(NCC1CCC(CN)O1)C1CCOC1. The first-order valence-electron chi connectivity index (χ1n) is 6.46. The van der Waals surface area contributed by atoms with Gasteiger partial charge in [-0.15, -0.1) is 0 Å². The van der Waals surface area contributed by atoms with Gasteiger partial charge in [-0.2, -0.15) is 0 Å². The molecular formula is C12H24N2O2. The molecule has 94 valence electrons. The number of ether oxygens (including phenoxy) is 2. The van der Waals surface area contributed by atoms with Gasteiger partial charge in [-0.1, -0.05) is 0 Å². The van der Waals surface area contributed by atoms with Crippen molar-refractivity contribution in [2.45, 2.75) is 44.4 Å². The maximum Gasteiger partial charge on any atom is 0.0704 e. The second kappa shape index (κ2) is 5.96. The lowest BCUT2D eigenvalue weighted by molar-refractivity contribution is 0.0477. The monoisotopic (exact) mass is 228 g/mol. The number of hydrogen-bond donors (Lipinski definition) is 2. The van der Waals surface area contributed by atoms with Crippen LogP contribution in [0.15, 0.2) is 0 Å². The summed E-state index contributed by atoms with van der Waals surface area (Å²) in [7, 11) is 0. The van der Waals surface area contributed by atoms with Crippen molar-refractivity contribution in [3.8, 4) is 0 Å². The first-order valence-corrected chi connectivity index (χ1v) is 6.46. The Balaban J connectivity index is 1.63. The number of nitrogens with one attached hydrogen (secondary N) is 1. The molecule has 2 heterocycles. The van der Waals surface area contributed by atoms with Crippen molar-refractivity contribution in [2.24, 2.45) is 11.7 Å². The van der Waals surface area contributed by atoms with Gasteiger partial charge >= 0.3 is 0 Å². The van der Waals surface area contributed by atoms with Crippen molar-refractivity contribution in [1.29, 1.82) is 0 Å². The molecule has 3 N–H and O–H groups in total. The highest BCUT2D eigenvalue weighted by atomic mass is 16.5. The quantitative estimate of drug-likeness (QED) is 0.720. The molecular weight excluding hydrogens is 204 g/mol. The molecule has 4 atom stereocenters. The Morgan fingerprint density at radius 1 is 1.31 bits per heavy atom. The summed E-state index contributed by atoms with van der Waals surface area (Å²) < 4.78 is 11.2. The molecule has 4 nitrogen and oxygen atoms in total. The Labute approximate surface area is 97.9 Å². The van der Waals surface area contributed by atoms with Crippen molar-refractivity contribution in [3.63, 3.8) is 0 Å². The average Bonchev–Trinajstić information content (AvgIpc) is 2.96. The van der Waals surface area contributed by atoms with Crippen LogP contribution in [0.25, 0.3) is 0 Å². The normalized spacial score (nSPS) is 36.8. The molecule has 0 amide bonds. The van der Waals surface area contributed by atoms with E-state index in [4.69, 9.17) is 15.2 Å². The largest absolute Gasteiger partial charge is 0.381 e. The van der Waals surface area contributed by atoms with Gasteiger partial charge in [0.05, 0.1) is 18.8 Å². The lowest BCUT2D eigenvalue weighted by Gasteiger charge is -2.21. The van der Waals surface area contributed by atoms with Crippen molar-refractivity contribution in [3.05, 3.63) is 0 Å². The van der Waals surface area contributed by atoms with Crippen LogP contribution in [-0.4, -0.2) is 44.6 Å². The van der Waals surface area contributed by atoms with E-state index < -0.39 is 0 Å². The van der Waals surface area contributed by atoms with E-state index in [-0.39, 0.29) is 6.10 Å². The van der Waals surface area contributed by atoms with Crippen LogP contribution < -0.4 is 11.1 Å². The van der Waals surface area contributed by atoms with Gasteiger partial charge in [0.2, 0.25) is 0 Å². The fraction of sp³-hybridized carbons (Fsp3) is 1.00. The van der Waals surface area contributed by atoms with Crippen LogP contribution >= 0.6 is 0 Å². The first kappa shape index (κ1) is 12.3. The van der Waals surface area contributed by atoms with Gasteiger partial charge in [0.1, 0.15) is 0 Å². The minimum absolute atomic E-state index is 0.289. The van der Waals surface area contributed by atoms with Crippen LogP contribution in [0, 0.1) is 5.92 Å². The van der Waals surface area contributed by atoms with Crippen LogP contribution in [0.1, 0.15) is 26.2 Å². The molecule has 2 saturated heterocycles. The van der Waals surface area contributed by atoms with Gasteiger partial charge in [-0.25, -0.2) is 0 Å². The van der Waals surface area contributed by atoms with Gasteiger partial charge in [0.25, 0.3) is 0 Å².